The van der Waals surface area contributed by atoms with Gasteiger partial charge in [-0.1, -0.05) is 25.7 Å². The molecule has 1 heterocycles. The number of hydrogen-bond donors (Lipinski definition) is 1. The molecule has 0 amide bonds. The molecule has 0 aromatic carbocycles. The lowest BCUT2D eigenvalue weighted by Gasteiger charge is -2.38. The molecule has 18 heavy (non-hydrogen) atoms. The zero-order valence-electron chi connectivity index (χ0n) is 11.4. The zero-order valence-corrected chi connectivity index (χ0v) is 12.2. The molecule has 104 valence electrons. The van der Waals surface area contributed by atoms with E-state index in [4.69, 9.17) is 4.74 Å². The summed E-state index contributed by atoms with van der Waals surface area (Å²) in [4.78, 5) is 12.2. The van der Waals surface area contributed by atoms with E-state index in [9.17, 15) is 4.79 Å². The SMILES string of the molecule is COC(=O)C1(NC2CCCCCC2)CCCSC1. The summed E-state index contributed by atoms with van der Waals surface area (Å²) in [6.07, 6.45) is 9.75. The molecule has 3 nitrogen and oxygen atoms in total. The smallest absolute Gasteiger partial charge is 0.326 e. The molecule has 1 unspecified atom stereocenters. The average Bonchev–Trinajstić information content (AvgIpc) is 2.67. The highest BCUT2D eigenvalue weighted by molar-refractivity contribution is 7.99. The molecule has 0 aromatic heterocycles. The van der Waals surface area contributed by atoms with Gasteiger partial charge in [0.25, 0.3) is 0 Å². The van der Waals surface area contributed by atoms with Gasteiger partial charge in [0.15, 0.2) is 0 Å². The van der Waals surface area contributed by atoms with E-state index in [0.29, 0.717) is 6.04 Å². The van der Waals surface area contributed by atoms with Gasteiger partial charge in [0, 0.05) is 11.8 Å². The van der Waals surface area contributed by atoms with Crippen LogP contribution in [0.25, 0.3) is 0 Å². The molecule has 1 aliphatic heterocycles. The molecular weight excluding hydrogens is 246 g/mol. The Balaban J connectivity index is 2.01. The molecule has 1 aliphatic carbocycles. The van der Waals surface area contributed by atoms with Crippen LogP contribution in [0, 0.1) is 0 Å². The maximum absolute atomic E-state index is 12.2. The number of esters is 1. The predicted molar refractivity (Wildman–Crippen MR) is 75.9 cm³/mol. The van der Waals surface area contributed by atoms with Gasteiger partial charge in [-0.3, -0.25) is 10.1 Å². The second kappa shape index (κ2) is 6.80. The molecule has 0 radical (unpaired) electrons. The van der Waals surface area contributed by atoms with Gasteiger partial charge in [0.1, 0.15) is 5.54 Å². The summed E-state index contributed by atoms with van der Waals surface area (Å²) in [5, 5.41) is 3.67. The van der Waals surface area contributed by atoms with Gasteiger partial charge >= 0.3 is 5.97 Å². The van der Waals surface area contributed by atoms with Crippen molar-refractivity contribution in [2.24, 2.45) is 0 Å². The summed E-state index contributed by atoms with van der Waals surface area (Å²) in [6.45, 7) is 0. The van der Waals surface area contributed by atoms with Gasteiger partial charge in [-0.25, -0.2) is 0 Å². The second-order valence-electron chi connectivity index (χ2n) is 5.56. The molecule has 1 N–H and O–H groups in total. The second-order valence-corrected chi connectivity index (χ2v) is 6.67. The van der Waals surface area contributed by atoms with Crippen molar-refractivity contribution >= 4 is 17.7 Å². The van der Waals surface area contributed by atoms with Crippen molar-refractivity contribution in [2.75, 3.05) is 18.6 Å². The molecule has 1 atom stereocenters. The van der Waals surface area contributed by atoms with Gasteiger partial charge in [0.2, 0.25) is 0 Å². The monoisotopic (exact) mass is 271 g/mol. The van der Waals surface area contributed by atoms with Gasteiger partial charge < -0.3 is 4.74 Å². The van der Waals surface area contributed by atoms with Crippen molar-refractivity contribution in [3.8, 4) is 0 Å². The van der Waals surface area contributed by atoms with Crippen molar-refractivity contribution < 1.29 is 9.53 Å². The Morgan fingerprint density at radius 1 is 1.22 bits per heavy atom. The Bertz CT molecular complexity index is 269. The molecular formula is C14H25NO2S. The van der Waals surface area contributed by atoms with Crippen molar-refractivity contribution in [1.82, 2.24) is 5.32 Å². The van der Waals surface area contributed by atoms with Crippen molar-refractivity contribution in [3.63, 3.8) is 0 Å². The first-order valence-corrected chi connectivity index (χ1v) is 8.36. The molecule has 0 spiro atoms. The van der Waals surface area contributed by atoms with E-state index in [1.54, 1.807) is 0 Å². The third-order valence-electron chi connectivity index (χ3n) is 4.15. The highest BCUT2D eigenvalue weighted by Crippen LogP contribution is 2.30. The minimum atomic E-state index is -0.410. The molecule has 1 saturated carbocycles. The van der Waals surface area contributed by atoms with Crippen molar-refractivity contribution in [2.45, 2.75) is 62.9 Å². The number of nitrogens with one attached hydrogen (secondary N) is 1. The zero-order chi connectivity index (χ0) is 12.8. The van der Waals surface area contributed by atoms with Crippen molar-refractivity contribution in [1.29, 1.82) is 0 Å². The van der Waals surface area contributed by atoms with E-state index in [-0.39, 0.29) is 5.97 Å². The summed E-state index contributed by atoms with van der Waals surface area (Å²) in [7, 11) is 1.51. The van der Waals surface area contributed by atoms with E-state index in [1.165, 1.54) is 51.4 Å². The maximum atomic E-state index is 12.2. The Morgan fingerprint density at radius 2 is 1.94 bits per heavy atom. The van der Waals surface area contributed by atoms with Gasteiger partial charge in [0.05, 0.1) is 7.11 Å². The predicted octanol–water partition coefficient (Wildman–Crippen LogP) is 2.74. The molecule has 2 aliphatic rings. The number of ether oxygens (including phenoxy) is 1. The summed E-state index contributed by atoms with van der Waals surface area (Å²) in [5.41, 5.74) is -0.410. The standard InChI is InChI=1S/C14H25NO2S/c1-17-13(16)14(9-6-10-18-11-14)15-12-7-4-2-3-5-8-12/h12,15H,2-11H2,1H3. The fourth-order valence-corrected chi connectivity index (χ4v) is 4.32. The molecule has 0 bridgehead atoms. The highest BCUT2D eigenvalue weighted by atomic mass is 32.2. The fraction of sp³-hybridized carbons (Fsp3) is 0.929. The topological polar surface area (TPSA) is 38.3 Å². The number of carbonyl (C=O) groups excluding carboxylic acids is 1. The van der Waals surface area contributed by atoms with Crippen LogP contribution in [0.2, 0.25) is 0 Å². The van der Waals surface area contributed by atoms with Crippen LogP contribution in [-0.4, -0.2) is 36.2 Å². The Hall–Kier alpha value is -0.220. The third kappa shape index (κ3) is 3.41. The van der Waals surface area contributed by atoms with Crippen molar-refractivity contribution in [3.05, 3.63) is 0 Å². The summed E-state index contributed by atoms with van der Waals surface area (Å²) in [6, 6.07) is 0.505. The van der Waals surface area contributed by atoms with E-state index in [1.807, 2.05) is 11.8 Å². The van der Waals surface area contributed by atoms with Crippen LogP contribution < -0.4 is 5.32 Å². The maximum Gasteiger partial charge on any atom is 0.326 e. The van der Waals surface area contributed by atoms with E-state index in [2.05, 4.69) is 5.32 Å². The largest absolute Gasteiger partial charge is 0.468 e. The van der Waals surface area contributed by atoms with Crippen LogP contribution in [0.3, 0.4) is 0 Å². The van der Waals surface area contributed by atoms with Crippen LogP contribution in [0.4, 0.5) is 0 Å². The molecule has 2 rings (SSSR count). The van der Waals surface area contributed by atoms with Crippen LogP contribution in [0.1, 0.15) is 51.4 Å². The van der Waals surface area contributed by atoms with E-state index in [0.717, 1.165) is 18.6 Å². The van der Waals surface area contributed by atoms with Crippen LogP contribution in [0.15, 0.2) is 0 Å². The van der Waals surface area contributed by atoms with E-state index >= 15 is 0 Å². The van der Waals surface area contributed by atoms with E-state index < -0.39 is 5.54 Å². The van der Waals surface area contributed by atoms with Crippen LogP contribution in [0.5, 0.6) is 0 Å². The summed E-state index contributed by atoms with van der Waals surface area (Å²) >= 11 is 1.88. The lowest BCUT2D eigenvalue weighted by Crippen LogP contribution is -2.59. The molecule has 0 aromatic rings. The first-order valence-electron chi connectivity index (χ1n) is 7.21. The number of hydrogen-bond acceptors (Lipinski definition) is 4. The lowest BCUT2D eigenvalue weighted by molar-refractivity contribution is -0.148. The van der Waals surface area contributed by atoms with Crippen LogP contribution >= 0.6 is 11.8 Å². The third-order valence-corrected chi connectivity index (χ3v) is 5.43. The number of thioether (sulfide) groups is 1. The van der Waals surface area contributed by atoms with Gasteiger partial charge in [-0.2, -0.15) is 11.8 Å². The lowest BCUT2D eigenvalue weighted by atomic mass is 9.92. The highest BCUT2D eigenvalue weighted by Gasteiger charge is 2.42. The Kier molecular flexibility index (Phi) is 5.37. The average molecular weight is 271 g/mol. The Labute approximate surface area is 114 Å². The Morgan fingerprint density at radius 3 is 2.50 bits per heavy atom. The quantitative estimate of drug-likeness (QED) is 0.633. The fourth-order valence-electron chi connectivity index (χ4n) is 3.14. The molecule has 2 fully saturated rings. The number of methoxy groups -OCH3 is 1. The minimum Gasteiger partial charge on any atom is -0.468 e. The van der Waals surface area contributed by atoms with Gasteiger partial charge in [-0.05, 0) is 31.4 Å². The summed E-state index contributed by atoms with van der Waals surface area (Å²) in [5.74, 6) is 1.99. The minimum absolute atomic E-state index is 0.0565. The summed E-state index contributed by atoms with van der Waals surface area (Å²) < 4.78 is 5.05. The first-order chi connectivity index (χ1) is 8.77. The molecule has 1 saturated heterocycles. The van der Waals surface area contributed by atoms with Crippen LogP contribution in [-0.2, 0) is 9.53 Å². The molecule has 4 heteroatoms. The first kappa shape index (κ1) is 14.2. The number of rotatable bonds is 3. The normalized spacial score (nSPS) is 30.7. The number of carbonyl (C=O) groups is 1. The van der Waals surface area contributed by atoms with Gasteiger partial charge in [-0.15, -0.1) is 0 Å².